The Kier molecular flexibility index (Phi) is 5.79. The minimum absolute atomic E-state index is 0.0646. The Bertz CT molecular complexity index is 615. The second-order valence-corrected chi connectivity index (χ2v) is 6.01. The first-order valence-corrected chi connectivity index (χ1v) is 8.12. The van der Waals surface area contributed by atoms with Crippen LogP contribution in [0.4, 0.5) is 4.39 Å². The van der Waals surface area contributed by atoms with Crippen LogP contribution in [0.5, 0.6) is 0 Å². The van der Waals surface area contributed by atoms with E-state index in [-0.39, 0.29) is 11.9 Å². The van der Waals surface area contributed by atoms with Crippen molar-refractivity contribution in [3.63, 3.8) is 0 Å². The summed E-state index contributed by atoms with van der Waals surface area (Å²) in [6, 6.07) is 4.60. The number of halogens is 3. The van der Waals surface area contributed by atoms with E-state index in [1.165, 1.54) is 12.1 Å². The Morgan fingerprint density at radius 3 is 2.81 bits per heavy atom. The van der Waals surface area contributed by atoms with Gasteiger partial charge in [-0.25, -0.2) is 4.39 Å². The third kappa shape index (κ3) is 3.84. The van der Waals surface area contributed by atoms with Crippen molar-refractivity contribution >= 4 is 27.5 Å². The molecule has 21 heavy (non-hydrogen) atoms. The SMILES string of the molecule is CCNC(Cc1ccc(F)cc1Cl)c1c(Br)cnn1CC. The van der Waals surface area contributed by atoms with E-state index in [1.807, 2.05) is 4.68 Å². The molecule has 0 spiro atoms. The van der Waals surface area contributed by atoms with Gasteiger partial charge >= 0.3 is 0 Å². The number of rotatable bonds is 6. The third-order valence-corrected chi connectivity index (χ3v) is 4.32. The summed E-state index contributed by atoms with van der Waals surface area (Å²) in [6.45, 7) is 5.72. The summed E-state index contributed by atoms with van der Waals surface area (Å²) in [7, 11) is 0. The molecule has 0 amide bonds. The fourth-order valence-electron chi connectivity index (χ4n) is 2.39. The molecule has 1 unspecified atom stereocenters. The van der Waals surface area contributed by atoms with Crippen LogP contribution >= 0.6 is 27.5 Å². The number of hydrogen-bond donors (Lipinski definition) is 1. The molecule has 1 N–H and O–H groups in total. The zero-order chi connectivity index (χ0) is 15.4. The molecule has 1 aromatic heterocycles. The number of nitrogens with zero attached hydrogens (tertiary/aromatic N) is 2. The van der Waals surface area contributed by atoms with Crippen LogP contribution in [0, 0.1) is 5.82 Å². The minimum Gasteiger partial charge on any atom is -0.309 e. The van der Waals surface area contributed by atoms with Gasteiger partial charge in [0, 0.05) is 11.6 Å². The Hall–Kier alpha value is -0.910. The summed E-state index contributed by atoms with van der Waals surface area (Å²) in [6.07, 6.45) is 2.48. The van der Waals surface area contributed by atoms with Gasteiger partial charge in [0.1, 0.15) is 5.82 Å². The molecule has 6 heteroatoms. The second-order valence-electron chi connectivity index (χ2n) is 4.74. The Morgan fingerprint density at radius 1 is 1.43 bits per heavy atom. The molecule has 2 aromatic rings. The van der Waals surface area contributed by atoms with Crippen LogP contribution < -0.4 is 5.32 Å². The molecule has 1 atom stereocenters. The molecule has 0 saturated heterocycles. The van der Waals surface area contributed by atoms with Gasteiger partial charge in [-0.2, -0.15) is 5.10 Å². The maximum absolute atomic E-state index is 13.2. The molecule has 0 aliphatic heterocycles. The largest absolute Gasteiger partial charge is 0.309 e. The van der Waals surface area contributed by atoms with Crippen molar-refractivity contribution < 1.29 is 4.39 Å². The van der Waals surface area contributed by atoms with E-state index < -0.39 is 0 Å². The molecule has 0 aliphatic carbocycles. The van der Waals surface area contributed by atoms with E-state index in [1.54, 1.807) is 12.3 Å². The van der Waals surface area contributed by atoms with E-state index >= 15 is 0 Å². The van der Waals surface area contributed by atoms with Crippen molar-refractivity contribution in [2.75, 3.05) is 6.54 Å². The molecule has 114 valence electrons. The highest BCUT2D eigenvalue weighted by Crippen LogP contribution is 2.28. The number of benzene rings is 1. The Balaban J connectivity index is 2.33. The van der Waals surface area contributed by atoms with Gasteiger partial charge in [0.05, 0.1) is 22.4 Å². The molecule has 2 rings (SSSR count). The van der Waals surface area contributed by atoms with Crippen LogP contribution in [0.2, 0.25) is 5.02 Å². The molecule has 0 radical (unpaired) electrons. The monoisotopic (exact) mass is 373 g/mol. The summed E-state index contributed by atoms with van der Waals surface area (Å²) in [5, 5.41) is 8.26. The normalized spacial score (nSPS) is 12.6. The maximum atomic E-state index is 13.2. The second kappa shape index (κ2) is 7.38. The van der Waals surface area contributed by atoms with Crippen molar-refractivity contribution in [1.29, 1.82) is 0 Å². The van der Waals surface area contributed by atoms with Crippen LogP contribution in [-0.4, -0.2) is 16.3 Å². The summed E-state index contributed by atoms with van der Waals surface area (Å²) in [5.74, 6) is -0.316. The van der Waals surface area contributed by atoms with Crippen LogP contribution in [0.3, 0.4) is 0 Å². The number of nitrogens with one attached hydrogen (secondary N) is 1. The maximum Gasteiger partial charge on any atom is 0.124 e. The zero-order valence-corrected chi connectivity index (χ0v) is 14.4. The van der Waals surface area contributed by atoms with E-state index in [9.17, 15) is 4.39 Å². The molecule has 1 heterocycles. The number of aromatic nitrogens is 2. The molecule has 3 nitrogen and oxygen atoms in total. The van der Waals surface area contributed by atoms with E-state index in [0.717, 1.165) is 28.8 Å². The molecule has 0 fully saturated rings. The van der Waals surface area contributed by atoms with Gasteiger partial charge in [-0.3, -0.25) is 4.68 Å². The summed E-state index contributed by atoms with van der Waals surface area (Å²) in [5.41, 5.74) is 2.00. The molecular weight excluding hydrogens is 357 g/mol. The Labute approximate surface area is 137 Å². The van der Waals surface area contributed by atoms with Crippen molar-refractivity contribution in [2.45, 2.75) is 32.9 Å². The van der Waals surface area contributed by atoms with Gasteiger partial charge < -0.3 is 5.32 Å². The first-order chi connectivity index (χ1) is 10.1. The van der Waals surface area contributed by atoms with Crippen LogP contribution in [0.15, 0.2) is 28.9 Å². The molecular formula is C15H18BrClFN3. The number of hydrogen-bond acceptors (Lipinski definition) is 2. The summed E-state index contributed by atoms with van der Waals surface area (Å²) in [4.78, 5) is 0. The van der Waals surface area contributed by atoms with Crippen molar-refractivity contribution in [1.82, 2.24) is 15.1 Å². The smallest absolute Gasteiger partial charge is 0.124 e. The van der Waals surface area contributed by atoms with Gasteiger partial charge in [0.25, 0.3) is 0 Å². The van der Waals surface area contributed by atoms with Gasteiger partial charge in [-0.05, 0) is 53.5 Å². The van der Waals surface area contributed by atoms with Crippen LogP contribution in [-0.2, 0) is 13.0 Å². The number of aryl methyl sites for hydroxylation is 1. The van der Waals surface area contributed by atoms with E-state index in [2.05, 4.69) is 40.2 Å². The first kappa shape index (κ1) is 16.5. The molecule has 0 saturated carbocycles. The number of likely N-dealkylation sites (N-methyl/N-ethyl adjacent to an activating group) is 1. The summed E-state index contributed by atoms with van der Waals surface area (Å²) >= 11 is 9.70. The summed E-state index contributed by atoms with van der Waals surface area (Å²) < 4.78 is 16.1. The van der Waals surface area contributed by atoms with Gasteiger partial charge in [-0.1, -0.05) is 24.6 Å². The van der Waals surface area contributed by atoms with Crippen LogP contribution in [0.1, 0.15) is 31.1 Å². The lowest BCUT2D eigenvalue weighted by atomic mass is 10.0. The van der Waals surface area contributed by atoms with Crippen molar-refractivity contribution in [2.24, 2.45) is 0 Å². The predicted octanol–water partition coefficient (Wildman–Crippen LogP) is 4.35. The van der Waals surface area contributed by atoms with E-state index in [4.69, 9.17) is 11.6 Å². The van der Waals surface area contributed by atoms with Gasteiger partial charge in [-0.15, -0.1) is 0 Å². The molecule has 0 bridgehead atoms. The lowest BCUT2D eigenvalue weighted by Crippen LogP contribution is -2.26. The minimum atomic E-state index is -0.316. The van der Waals surface area contributed by atoms with Crippen molar-refractivity contribution in [3.05, 3.63) is 51.0 Å². The average molecular weight is 375 g/mol. The Morgan fingerprint density at radius 2 is 2.19 bits per heavy atom. The van der Waals surface area contributed by atoms with Crippen molar-refractivity contribution in [3.8, 4) is 0 Å². The average Bonchev–Trinajstić information content (AvgIpc) is 2.82. The fraction of sp³-hybridized carbons (Fsp3) is 0.400. The van der Waals surface area contributed by atoms with Gasteiger partial charge in [0.2, 0.25) is 0 Å². The fourth-order valence-corrected chi connectivity index (χ4v) is 3.21. The highest BCUT2D eigenvalue weighted by molar-refractivity contribution is 9.10. The lowest BCUT2D eigenvalue weighted by molar-refractivity contribution is 0.488. The highest BCUT2D eigenvalue weighted by Gasteiger charge is 2.20. The standard InChI is InChI=1S/C15H18BrClFN3/c1-3-19-14(15-12(16)9-20-21(15)4-2)7-10-5-6-11(18)8-13(10)17/h5-6,8-9,14,19H,3-4,7H2,1-2H3. The highest BCUT2D eigenvalue weighted by atomic mass is 79.9. The molecule has 1 aromatic carbocycles. The first-order valence-electron chi connectivity index (χ1n) is 6.95. The predicted molar refractivity (Wildman–Crippen MR) is 87.1 cm³/mol. The van der Waals surface area contributed by atoms with Gasteiger partial charge in [0.15, 0.2) is 0 Å². The topological polar surface area (TPSA) is 29.9 Å². The van der Waals surface area contributed by atoms with E-state index in [0.29, 0.717) is 11.4 Å². The van der Waals surface area contributed by atoms with Crippen LogP contribution in [0.25, 0.3) is 0 Å². The molecule has 0 aliphatic rings. The quantitative estimate of drug-likeness (QED) is 0.814. The lowest BCUT2D eigenvalue weighted by Gasteiger charge is -2.20. The third-order valence-electron chi connectivity index (χ3n) is 3.35. The zero-order valence-electron chi connectivity index (χ0n) is 12.0.